The molecule has 8 aliphatic heterocycles. The molecule has 1 N–H and O–H groups in total. The maximum absolute atomic E-state index is 11.9. The fraction of sp³-hybridized carbons (Fsp3) is 0.989. The van der Waals surface area contributed by atoms with Crippen molar-refractivity contribution in [1.82, 2.24) is 73.9 Å². The van der Waals surface area contributed by atoms with Crippen LogP contribution in [-0.2, 0) is 47.4 Å². The lowest BCUT2D eigenvalue weighted by atomic mass is 10.1. The first-order chi connectivity index (χ1) is 53.9. The standard InChI is InChI=1S/C14H28N2O3.2C12H26N2O.2C11H24N2O.C10H22N2O.C9H20N2O.C9H19NO2/c1-12(2)18-11-10-15-6-8-16(9-7-15)13(17)19-14(3,4)5;1-10(2)15-7-6-14-8-11(3)13(5)12(4)9-14;1-11(2)14-7-5-13(6-8-14)9-10-15-12(3)4;1-10(2)14-8-7-13-6-5-12(4)11(3)9-13;1-4-12-5-7-13(8-6-12)9-10-14-11(2)3;1-10(2)13-9-8-12-6-4-11(3)5-7-12;1-9(2)12-8-7-11-5-3-10-4-6-11;1-9(2)12-8-5-10-3-6-11-7-4-10/h12H,6-11H2,1-5H3;10-12H,6-9H2,1-5H3;11-12H,5-10H2,1-4H3;10-11H,5-9H2,1-4H3;11H,4-10H2,1-3H3;10H,4-9H2,1-3H3;9-10H,3-8H2,1-2H3;9H,3-8H2,1-2H3. The second-order valence-corrected chi connectivity index (χ2v) is 35.9. The zero-order valence-corrected chi connectivity index (χ0v) is 79.7. The zero-order valence-electron chi connectivity index (χ0n) is 79.7. The van der Waals surface area contributed by atoms with Gasteiger partial charge >= 0.3 is 6.09 Å². The van der Waals surface area contributed by atoms with Gasteiger partial charge in [0.15, 0.2) is 0 Å². The molecule has 8 rings (SSSR count). The van der Waals surface area contributed by atoms with E-state index in [0.717, 1.165) is 171 Å². The Bertz CT molecular complexity index is 2110. The van der Waals surface area contributed by atoms with Gasteiger partial charge in [-0.2, -0.15) is 0 Å². The quantitative estimate of drug-likeness (QED) is 0.0650. The molecule has 3 unspecified atom stereocenters. The summed E-state index contributed by atoms with van der Waals surface area (Å²) in [6.45, 7) is 101. The minimum absolute atomic E-state index is 0.203. The molecule has 0 aromatic carbocycles. The van der Waals surface area contributed by atoms with Gasteiger partial charge in [-0.3, -0.25) is 49.0 Å². The molecule has 682 valence electrons. The number of likely N-dealkylation sites (N-methyl/N-ethyl adjacent to an activating group) is 4. The van der Waals surface area contributed by atoms with Gasteiger partial charge in [-0.05, 0) is 194 Å². The first-order valence-electron chi connectivity index (χ1n) is 45.5. The molecule has 8 fully saturated rings. The first kappa shape index (κ1) is 110. The number of nitrogens with zero attached hydrogens (tertiary/aromatic N) is 14. The Balaban J connectivity index is 0.000000654. The highest BCUT2D eigenvalue weighted by molar-refractivity contribution is 5.68. The van der Waals surface area contributed by atoms with Gasteiger partial charge in [-0.1, -0.05) is 6.92 Å². The predicted octanol–water partition coefficient (Wildman–Crippen LogP) is 8.65. The van der Waals surface area contributed by atoms with Crippen LogP contribution in [0.25, 0.3) is 0 Å². The maximum atomic E-state index is 11.9. The molecule has 114 heavy (non-hydrogen) atoms. The molecule has 8 heterocycles. The lowest BCUT2D eigenvalue weighted by Crippen LogP contribution is -2.55. The number of piperazine rings is 7. The van der Waals surface area contributed by atoms with Gasteiger partial charge in [0.2, 0.25) is 0 Å². The Morgan fingerprint density at radius 2 is 0.632 bits per heavy atom. The van der Waals surface area contributed by atoms with Gasteiger partial charge in [-0.15, -0.1) is 0 Å². The van der Waals surface area contributed by atoms with Crippen molar-refractivity contribution in [3.8, 4) is 0 Å². The smallest absolute Gasteiger partial charge is 0.410 e. The number of carbonyl (C=O) groups excluding carboxylic acids is 1. The molecule has 26 heteroatoms. The third-order valence-electron chi connectivity index (χ3n) is 21.3. The average molecular weight is 1630 g/mol. The van der Waals surface area contributed by atoms with Crippen molar-refractivity contribution in [2.24, 2.45) is 0 Å². The fourth-order valence-corrected chi connectivity index (χ4v) is 13.5. The topological polar surface area (TPSA) is 167 Å². The van der Waals surface area contributed by atoms with Crippen LogP contribution >= 0.6 is 0 Å². The van der Waals surface area contributed by atoms with Crippen molar-refractivity contribution in [3.63, 3.8) is 0 Å². The molecule has 3 atom stereocenters. The summed E-state index contributed by atoms with van der Waals surface area (Å²) in [6, 6.07) is 2.70. The van der Waals surface area contributed by atoms with Gasteiger partial charge in [-0.25, -0.2) is 4.79 Å². The van der Waals surface area contributed by atoms with E-state index in [4.69, 9.17) is 47.4 Å². The molecule has 26 nitrogen and oxygen atoms in total. The summed E-state index contributed by atoms with van der Waals surface area (Å²) in [4.78, 5) is 45.6. The minimum Gasteiger partial charge on any atom is -0.444 e. The van der Waals surface area contributed by atoms with E-state index in [0.29, 0.717) is 66.9 Å². The molecule has 8 saturated heterocycles. The molecule has 8 aliphatic rings. The number of nitrogens with one attached hydrogen (secondary N) is 1. The second kappa shape index (κ2) is 66.9. The van der Waals surface area contributed by atoms with Crippen molar-refractivity contribution in [3.05, 3.63) is 0 Å². The van der Waals surface area contributed by atoms with Gasteiger partial charge in [0.1, 0.15) is 5.60 Å². The number of rotatable bonds is 34. The largest absolute Gasteiger partial charge is 0.444 e. The van der Waals surface area contributed by atoms with Crippen LogP contribution < -0.4 is 5.32 Å². The van der Waals surface area contributed by atoms with E-state index in [-0.39, 0.29) is 12.2 Å². The summed E-state index contributed by atoms with van der Waals surface area (Å²) in [5.41, 5.74) is -0.417. The molecular weight excluding hydrogens is 1440 g/mol. The van der Waals surface area contributed by atoms with E-state index in [9.17, 15) is 4.79 Å². The Morgan fingerprint density at radius 1 is 0.351 bits per heavy atom. The van der Waals surface area contributed by atoms with Crippen LogP contribution in [0.3, 0.4) is 0 Å². The summed E-state index contributed by atoms with van der Waals surface area (Å²) >= 11 is 0. The Labute approximate surface area is 703 Å². The second-order valence-electron chi connectivity index (χ2n) is 35.9. The normalized spacial score (nSPS) is 22.0. The number of ether oxygens (including phenoxy) is 10. The number of hydrogen-bond acceptors (Lipinski definition) is 25. The van der Waals surface area contributed by atoms with Crippen molar-refractivity contribution in [2.75, 3.05) is 323 Å². The highest BCUT2D eigenvalue weighted by Gasteiger charge is 2.28. The number of hydrogen-bond donors (Lipinski definition) is 1. The minimum atomic E-state index is -0.417. The monoisotopic (exact) mass is 1630 g/mol. The van der Waals surface area contributed by atoms with E-state index in [1.54, 1.807) is 4.90 Å². The van der Waals surface area contributed by atoms with E-state index >= 15 is 0 Å². The average Bonchev–Trinajstić information content (AvgIpc) is 0.864. The summed E-state index contributed by atoms with van der Waals surface area (Å²) < 4.78 is 54.9. The van der Waals surface area contributed by atoms with Gasteiger partial charge in [0.25, 0.3) is 0 Å². The molecule has 0 saturated carbocycles. The number of carbonyl (C=O) groups is 1. The van der Waals surface area contributed by atoms with Crippen LogP contribution in [0.4, 0.5) is 4.79 Å². The summed E-state index contributed by atoms with van der Waals surface area (Å²) in [5, 5.41) is 3.33. The van der Waals surface area contributed by atoms with Crippen LogP contribution in [0.1, 0.15) is 173 Å². The molecule has 0 aromatic heterocycles. The lowest BCUT2D eigenvalue weighted by molar-refractivity contribution is 0.00867. The van der Waals surface area contributed by atoms with E-state index in [2.05, 4.69) is 229 Å². The van der Waals surface area contributed by atoms with Crippen molar-refractivity contribution in [1.29, 1.82) is 0 Å². The molecule has 0 aliphatic carbocycles. The van der Waals surface area contributed by atoms with Crippen LogP contribution in [0.15, 0.2) is 0 Å². The van der Waals surface area contributed by atoms with Crippen LogP contribution in [0.2, 0.25) is 0 Å². The van der Waals surface area contributed by atoms with Crippen LogP contribution in [-0.4, -0.2) is 476 Å². The van der Waals surface area contributed by atoms with Crippen LogP contribution in [0, 0.1) is 0 Å². The molecule has 0 spiro atoms. The summed E-state index contributed by atoms with van der Waals surface area (Å²) in [7, 11) is 6.60. The molecule has 0 aromatic rings. The van der Waals surface area contributed by atoms with E-state index < -0.39 is 5.60 Å². The third-order valence-corrected chi connectivity index (χ3v) is 21.3. The summed E-state index contributed by atoms with van der Waals surface area (Å²) in [6.07, 6.45) is 2.61. The van der Waals surface area contributed by atoms with Gasteiger partial charge < -0.3 is 72.3 Å². The van der Waals surface area contributed by atoms with Crippen molar-refractivity contribution >= 4 is 6.09 Å². The number of morpholine rings is 1. The van der Waals surface area contributed by atoms with Crippen molar-refractivity contribution < 1.29 is 52.2 Å². The third kappa shape index (κ3) is 61.6. The van der Waals surface area contributed by atoms with Gasteiger partial charge in [0, 0.05) is 253 Å². The Kier molecular flexibility index (Phi) is 64.8. The summed E-state index contributed by atoms with van der Waals surface area (Å²) in [5.74, 6) is 0. The fourth-order valence-electron chi connectivity index (χ4n) is 13.5. The first-order valence-corrected chi connectivity index (χ1v) is 45.5. The molecule has 0 bridgehead atoms. The SMILES string of the molecule is CC(C)OCCN1CC(C)N(C)C(C)C1.CC(C)OCCN1CCN(C(=O)OC(C)(C)C)CC1.CC(C)OCCN1CCN(C(C)C)CC1.CC(C)OCCN1CCN(C)C(C)C1.CC(C)OCCN1CCN(C)CC1.CC(C)OCCN1CCNCC1.CC(C)OCCN1CCOCC1.CCN1CCN(CCOC(C)C)CC1. The molecular formula is C88H189N15O11. The Hall–Kier alpha value is -1.65. The maximum Gasteiger partial charge on any atom is 0.410 e. The van der Waals surface area contributed by atoms with Crippen molar-refractivity contribution in [2.45, 2.75) is 252 Å². The predicted molar refractivity (Wildman–Crippen MR) is 477 cm³/mol. The Morgan fingerprint density at radius 3 is 0.956 bits per heavy atom. The highest BCUT2D eigenvalue weighted by Crippen LogP contribution is 2.15. The van der Waals surface area contributed by atoms with Gasteiger partial charge in [0.05, 0.1) is 115 Å². The van der Waals surface area contributed by atoms with Crippen LogP contribution in [0.5, 0.6) is 0 Å². The molecule has 1 amide bonds. The highest BCUT2D eigenvalue weighted by atomic mass is 16.6. The zero-order chi connectivity index (χ0) is 85.4. The lowest BCUT2D eigenvalue weighted by Gasteiger charge is -2.42. The number of amides is 1. The molecule has 0 radical (unpaired) electrons. The van der Waals surface area contributed by atoms with E-state index in [1.807, 2.05) is 34.6 Å². The van der Waals surface area contributed by atoms with E-state index in [1.165, 1.54) is 131 Å².